The fourth-order valence-electron chi connectivity index (χ4n) is 2.18. The van der Waals surface area contributed by atoms with Crippen molar-refractivity contribution in [2.45, 2.75) is 6.92 Å². The number of hydrogen-bond donors (Lipinski definition) is 1. The Morgan fingerprint density at radius 1 is 1.19 bits per heavy atom. The summed E-state index contributed by atoms with van der Waals surface area (Å²) in [7, 11) is 5.88. The molecule has 2 rings (SSSR count). The molecule has 0 atom stereocenters. The first-order valence-corrected chi connectivity index (χ1v) is 7.13. The van der Waals surface area contributed by atoms with Gasteiger partial charge in [-0.3, -0.25) is 4.79 Å². The predicted molar refractivity (Wildman–Crippen MR) is 86.5 cm³/mol. The van der Waals surface area contributed by atoms with Crippen LogP contribution in [0, 0.1) is 6.92 Å². The summed E-state index contributed by atoms with van der Waals surface area (Å²) in [5.41, 5.74) is 4.11. The van der Waals surface area contributed by atoms with Crippen molar-refractivity contribution in [3.8, 4) is 11.1 Å². The van der Waals surface area contributed by atoms with Crippen LogP contribution < -0.4 is 5.32 Å². The van der Waals surface area contributed by atoms with Crippen LogP contribution in [-0.2, 0) is 7.05 Å². The van der Waals surface area contributed by atoms with Crippen LogP contribution in [0.25, 0.3) is 11.1 Å². The Bertz CT molecular complexity index is 611. The first-order valence-electron chi connectivity index (χ1n) is 7.13. The van der Waals surface area contributed by atoms with Crippen LogP contribution in [0.2, 0.25) is 0 Å². The van der Waals surface area contributed by atoms with E-state index in [0.29, 0.717) is 12.2 Å². The molecule has 1 aromatic carbocycles. The number of carbonyl (C=O) groups is 1. The smallest absolute Gasteiger partial charge is 0.267 e. The van der Waals surface area contributed by atoms with E-state index in [1.54, 1.807) is 0 Å². The van der Waals surface area contributed by atoms with Crippen molar-refractivity contribution in [3.63, 3.8) is 0 Å². The molecular formula is C17H23N3O. The summed E-state index contributed by atoms with van der Waals surface area (Å²) in [6.45, 7) is 3.55. The largest absolute Gasteiger partial charge is 0.349 e. The van der Waals surface area contributed by atoms with Gasteiger partial charge >= 0.3 is 0 Å². The lowest BCUT2D eigenvalue weighted by Crippen LogP contribution is -2.32. The minimum Gasteiger partial charge on any atom is -0.349 e. The zero-order valence-electron chi connectivity index (χ0n) is 13.2. The molecule has 0 spiro atoms. The molecule has 0 unspecified atom stereocenters. The molecule has 0 saturated heterocycles. The fourth-order valence-corrected chi connectivity index (χ4v) is 2.18. The summed E-state index contributed by atoms with van der Waals surface area (Å²) in [6.07, 6.45) is 1.99. The molecule has 2 aromatic rings. The first kappa shape index (κ1) is 15.3. The topological polar surface area (TPSA) is 37.3 Å². The highest BCUT2D eigenvalue weighted by molar-refractivity contribution is 5.94. The standard InChI is InChI=1S/C17H23N3O/c1-13-5-7-14(8-6-13)15-11-16(20(4)12-15)17(21)18-9-10-19(2)3/h5-8,11-12H,9-10H2,1-4H3,(H,18,21). The summed E-state index contributed by atoms with van der Waals surface area (Å²) in [5, 5.41) is 2.94. The Balaban J connectivity index is 2.11. The molecule has 0 saturated carbocycles. The Morgan fingerprint density at radius 2 is 1.86 bits per heavy atom. The van der Waals surface area contributed by atoms with E-state index in [1.165, 1.54) is 5.56 Å². The van der Waals surface area contributed by atoms with E-state index >= 15 is 0 Å². The van der Waals surface area contributed by atoms with Crippen LogP contribution in [0.5, 0.6) is 0 Å². The second-order valence-electron chi connectivity index (χ2n) is 5.65. The van der Waals surface area contributed by atoms with Crippen molar-refractivity contribution in [1.82, 2.24) is 14.8 Å². The third kappa shape index (κ3) is 3.95. The molecule has 0 bridgehead atoms. The number of likely N-dealkylation sites (N-methyl/N-ethyl adjacent to an activating group) is 1. The van der Waals surface area contributed by atoms with Gasteiger partial charge in [-0.15, -0.1) is 0 Å². The van der Waals surface area contributed by atoms with Crippen LogP contribution in [0.15, 0.2) is 36.5 Å². The second kappa shape index (κ2) is 6.59. The number of aromatic nitrogens is 1. The average Bonchev–Trinajstić information content (AvgIpc) is 2.81. The Kier molecular flexibility index (Phi) is 4.81. The minimum atomic E-state index is -0.0299. The van der Waals surface area contributed by atoms with Crippen LogP contribution in [-0.4, -0.2) is 42.6 Å². The van der Waals surface area contributed by atoms with E-state index < -0.39 is 0 Å². The predicted octanol–water partition coefficient (Wildman–Crippen LogP) is 2.29. The number of nitrogens with one attached hydrogen (secondary N) is 1. The van der Waals surface area contributed by atoms with Crippen LogP contribution in [0.1, 0.15) is 16.1 Å². The van der Waals surface area contributed by atoms with Gasteiger partial charge in [-0.1, -0.05) is 29.8 Å². The number of nitrogens with zero attached hydrogens (tertiary/aromatic N) is 2. The van der Waals surface area contributed by atoms with Gasteiger partial charge in [-0.05, 0) is 32.6 Å². The third-order valence-corrected chi connectivity index (χ3v) is 3.47. The summed E-state index contributed by atoms with van der Waals surface area (Å²) >= 11 is 0. The van der Waals surface area contributed by atoms with E-state index in [1.807, 2.05) is 42.9 Å². The molecule has 0 aliphatic carbocycles. The highest BCUT2D eigenvalue weighted by Crippen LogP contribution is 2.22. The summed E-state index contributed by atoms with van der Waals surface area (Å²) in [6, 6.07) is 10.3. The molecule has 0 fully saturated rings. The zero-order valence-corrected chi connectivity index (χ0v) is 13.2. The molecule has 1 aromatic heterocycles. The van der Waals surface area contributed by atoms with Gasteiger partial charge in [-0.2, -0.15) is 0 Å². The quantitative estimate of drug-likeness (QED) is 0.915. The third-order valence-electron chi connectivity index (χ3n) is 3.47. The SMILES string of the molecule is Cc1ccc(-c2cc(C(=O)NCCN(C)C)n(C)c2)cc1. The summed E-state index contributed by atoms with van der Waals surface area (Å²) in [5.74, 6) is -0.0299. The lowest BCUT2D eigenvalue weighted by atomic mass is 10.1. The van der Waals surface area contributed by atoms with Gasteiger partial charge in [0.2, 0.25) is 0 Å². The van der Waals surface area contributed by atoms with Gasteiger partial charge in [0.05, 0.1) is 0 Å². The molecule has 0 aliphatic heterocycles. The van der Waals surface area contributed by atoms with Gasteiger partial charge < -0.3 is 14.8 Å². The maximum atomic E-state index is 12.2. The molecule has 1 amide bonds. The van der Waals surface area contributed by atoms with Crippen molar-refractivity contribution in [2.24, 2.45) is 7.05 Å². The van der Waals surface area contributed by atoms with Crippen molar-refractivity contribution < 1.29 is 4.79 Å². The molecular weight excluding hydrogens is 262 g/mol. The van der Waals surface area contributed by atoms with Crippen LogP contribution >= 0.6 is 0 Å². The Labute approximate surface area is 126 Å². The molecule has 0 aliphatic rings. The normalized spacial score (nSPS) is 10.9. The molecule has 21 heavy (non-hydrogen) atoms. The summed E-state index contributed by atoms with van der Waals surface area (Å²) in [4.78, 5) is 14.2. The number of amides is 1. The molecule has 0 radical (unpaired) electrons. The number of rotatable bonds is 5. The highest BCUT2D eigenvalue weighted by atomic mass is 16.1. The molecule has 4 heteroatoms. The van der Waals surface area contributed by atoms with Crippen LogP contribution in [0.3, 0.4) is 0 Å². The van der Waals surface area contributed by atoms with E-state index in [2.05, 4.69) is 36.5 Å². The molecule has 1 heterocycles. The van der Waals surface area contributed by atoms with Gasteiger partial charge in [0.25, 0.3) is 5.91 Å². The Morgan fingerprint density at radius 3 is 2.48 bits per heavy atom. The van der Waals surface area contributed by atoms with Crippen molar-refractivity contribution in [1.29, 1.82) is 0 Å². The Hall–Kier alpha value is -2.07. The second-order valence-corrected chi connectivity index (χ2v) is 5.65. The van der Waals surface area contributed by atoms with Crippen LogP contribution in [0.4, 0.5) is 0 Å². The minimum absolute atomic E-state index is 0.0299. The molecule has 1 N–H and O–H groups in total. The number of aryl methyl sites for hydroxylation is 2. The first-order chi connectivity index (χ1) is 9.97. The maximum absolute atomic E-state index is 12.2. The highest BCUT2D eigenvalue weighted by Gasteiger charge is 2.12. The number of hydrogen-bond acceptors (Lipinski definition) is 2. The maximum Gasteiger partial charge on any atom is 0.267 e. The number of benzene rings is 1. The van der Waals surface area contributed by atoms with Crippen molar-refractivity contribution >= 4 is 5.91 Å². The van der Waals surface area contributed by atoms with Crippen molar-refractivity contribution in [3.05, 3.63) is 47.8 Å². The fraction of sp³-hybridized carbons (Fsp3) is 0.353. The van der Waals surface area contributed by atoms with E-state index in [0.717, 1.165) is 17.7 Å². The van der Waals surface area contributed by atoms with Gasteiger partial charge in [-0.25, -0.2) is 0 Å². The van der Waals surface area contributed by atoms with Gasteiger partial charge in [0.15, 0.2) is 0 Å². The van der Waals surface area contributed by atoms with Crippen molar-refractivity contribution in [2.75, 3.05) is 27.2 Å². The van der Waals surface area contributed by atoms with Gasteiger partial charge in [0.1, 0.15) is 5.69 Å². The molecule has 112 valence electrons. The van der Waals surface area contributed by atoms with Gasteiger partial charge in [0, 0.05) is 31.9 Å². The lowest BCUT2D eigenvalue weighted by molar-refractivity contribution is 0.0943. The van der Waals surface area contributed by atoms with E-state index in [9.17, 15) is 4.79 Å². The lowest BCUT2D eigenvalue weighted by Gasteiger charge is -2.10. The van der Waals surface area contributed by atoms with E-state index in [4.69, 9.17) is 0 Å². The monoisotopic (exact) mass is 285 g/mol. The van der Waals surface area contributed by atoms with E-state index in [-0.39, 0.29) is 5.91 Å². The zero-order chi connectivity index (χ0) is 15.4. The molecule has 4 nitrogen and oxygen atoms in total. The average molecular weight is 285 g/mol. The number of carbonyl (C=O) groups excluding carboxylic acids is 1. The summed E-state index contributed by atoms with van der Waals surface area (Å²) < 4.78 is 1.88.